The molecule has 138 valence electrons. The number of aromatic amines is 1. The number of hydrogen-bond donors (Lipinski definition) is 4. The summed E-state index contributed by atoms with van der Waals surface area (Å²) in [5.41, 5.74) is -0.752. The van der Waals surface area contributed by atoms with Gasteiger partial charge in [0.2, 0.25) is 5.91 Å². The van der Waals surface area contributed by atoms with Gasteiger partial charge >= 0.3 is 5.69 Å². The molecular formula is C17H19N3O5S. The van der Waals surface area contributed by atoms with Crippen LogP contribution in [0.4, 0.5) is 0 Å². The Balaban J connectivity index is 1.95. The Hall–Kier alpha value is -2.78. The molecule has 0 aliphatic heterocycles. The van der Waals surface area contributed by atoms with Crippen molar-refractivity contribution >= 4 is 23.9 Å². The summed E-state index contributed by atoms with van der Waals surface area (Å²) in [6, 6.07) is 7.35. The van der Waals surface area contributed by atoms with Crippen LogP contribution in [-0.2, 0) is 4.79 Å². The second-order valence-electron chi connectivity index (χ2n) is 5.46. The minimum Gasteiger partial charge on any atom is -0.508 e. The van der Waals surface area contributed by atoms with Gasteiger partial charge < -0.3 is 15.5 Å². The maximum Gasteiger partial charge on any atom is 0.332 e. The first-order valence-electron chi connectivity index (χ1n) is 7.73. The van der Waals surface area contributed by atoms with Crippen LogP contribution in [0.25, 0.3) is 6.20 Å². The summed E-state index contributed by atoms with van der Waals surface area (Å²) in [4.78, 5) is 37.9. The molecule has 1 aromatic heterocycles. The Labute approximate surface area is 153 Å². The van der Waals surface area contributed by atoms with Gasteiger partial charge in [-0.1, -0.05) is 0 Å². The van der Waals surface area contributed by atoms with Crippen molar-refractivity contribution in [1.29, 1.82) is 0 Å². The van der Waals surface area contributed by atoms with E-state index in [2.05, 4.69) is 10.3 Å². The first-order chi connectivity index (χ1) is 12.4. The third-order valence-corrected chi connectivity index (χ3v) is 4.57. The normalized spacial score (nSPS) is 12.2. The highest BCUT2D eigenvalue weighted by molar-refractivity contribution is 7.99. The largest absolute Gasteiger partial charge is 0.508 e. The average Bonchev–Trinajstić information content (AvgIpc) is 2.59. The van der Waals surface area contributed by atoms with Crippen molar-refractivity contribution < 1.29 is 15.0 Å². The molecule has 1 aromatic carbocycles. The summed E-state index contributed by atoms with van der Waals surface area (Å²) in [6.07, 6.45) is 2.41. The molecular weight excluding hydrogens is 358 g/mol. The summed E-state index contributed by atoms with van der Waals surface area (Å²) < 4.78 is 1.14. The number of aromatic nitrogens is 2. The lowest BCUT2D eigenvalue weighted by Crippen LogP contribution is -2.38. The fraction of sp³-hybridized carbons (Fsp3) is 0.235. The minimum atomic E-state index is -0.638. The number of aliphatic hydroxyl groups is 1. The molecule has 1 atom stereocenters. The van der Waals surface area contributed by atoms with Crippen molar-refractivity contribution in [3.63, 3.8) is 0 Å². The van der Waals surface area contributed by atoms with Crippen LogP contribution in [0, 0.1) is 6.92 Å². The first-order valence-corrected chi connectivity index (χ1v) is 8.71. The molecule has 8 nitrogen and oxygen atoms in total. The number of nitrogens with zero attached hydrogens (tertiary/aromatic N) is 1. The number of rotatable bonds is 7. The van der Waals surface area contributed by atoms with Gasteiger partial charge in [0.25, 0.3) is 5.56 Å². The Morgan fingerprint density at radius 1 is 1.35 bits per heavy atom. The summed E-state index contributed by atoms with van der Waals surface area (Å²) in [6.45, 7) is 1.33. The van der Waals surface area contributed by atoms with E-state index >= 15 is 0 Å². The molecule has 1 amide bonds. The quantitative estimate of drug-likeness (QED) is 0.406. The fourth-order valence-electron chi connectivity index (χ4n) is 2.08. The highest BCUT2D eigenvalue weighted by Gasteiger charge is 2.10. The number of carbonyl (C=O) groups excluding carboxylic acids is 1. The smallest absolute Gasteiger partial charge is 0.332 e. The molecule has 0 spiro atoms. The Bertz CT molecular complexity index is 902. The van der Waals surface area contributed by atoms with E-state index in [0.29, 0.717) is 11.4 Å². The van der Waals surface area contributed by atoms with Crippen LogP contribution in [0.2, 0.25) is 0 Å². The summed E-state index contributed by atoms with van der Waals surface area (Å²) in [5, 5.41) is 21.3. The van der Waals surface area contributed by atoms with Crippen LogP contribution < -0.4 is 16.6 Å². The summed E-state index contributed by atoms with van der Waals surface area (Å²) in [7, 11) is 0. The topological polar surface area (TPSA) is 124 Å². The van der Waals surface area contributed by atoms with Gasteiger partial charge in [-0.25, -0.2) is 4.79 Å². The monoisotopic (exact) mass is 377 g/mol. The standard InChI is InChI=1S/C17H19N3O5S/c1-11-8-16(24)19-17(25)20(11)7-6-15(23)18-12(9-21)10-26-14-4-2-13(22)3-5-14/h2-8,12,21-22H,9-10H2,1H3,(H,18,23)(H,19,24,25). The van der Waals surface area contributed by atoms with Crippen molar-refractivity contribution in [2.45, 2.75) is 17.9 Å². The summed E-state index contributed by atoms with van der Waals surface area (Å²) >= 11 is 1.42. The van der Waals surface area contributed by atoms with Crippen molar-refractivity contribution in [2.24, 2.45) is 0 Å². The number of nitrogens with one attached hydrogen (secondary N) is 2. The van der Waals surface area contributed by atoms with E-state index in [9.17, 15) is 24.6 Å². The van der Waals surface area contributed by atoms with E-state index in [0.717, 1.165) is 15.5 Å². The first kappa shape index (κ1) is 19.5. The lowest BCUT2D eigenvalue weighted by atomic mass is 10.3. The van der Waals surface area contributed by atoms with Crippen molar-refractivity contribution in [1.82, 2.24) is 14.9 Å². The van der Waals surface area contributed by atoms with E-state index in [4.69, 9.17) is 0 Å². The molecule has 1 heterocycles. The van der Waals surface area contributed by atoms with E-state index in [1.54, 1.807) is 31.2 Å². The number of hydrogen-bond acceptors (Lipinski definition) is 6. The maximum absolute atomic E-state index is 12.0. The number of aliphatic hydroxyl groups excluding tert-OH is 1. The Morgan fingerprint density at radius 3 is 2.65 bits per heavy atom. The number of H-pyrrole nitrogens is 1. The highest BCUT2D eigenvalue weighted by Crippen LogP contribution is 2.21. The number of phenols is 1. The lowest BCUT2D eigenvalue weighted by Gasteiger charge is -2.14. The zero-order valence-electron chi connectivity index (χ0n) is 14.0. The molecule has 0 fully saturated rings. The van der Waals surface area contributed by atoms with E-state index in [1.807, 2.05) is 0 Å². The van der Waals surface area contributed by atoms with E-state index in [1.165, 1.54) is 24.0 Å². The molecule has 9 heteroatoms. The van der Waals surface area contributed by atoms with Crippen LogP contribution in [0.3, 0.4) is 0 Å². The molecule has 2 rings (SSSR count). The van der Waals surface area contributed by atoms with Crippen LogP contribution in [-0.4, -0.2) is 44.1 Å². The van der Waals surface area contributed by atoms with Gasteiger partial charge in [-0.2, -0.15) is 0 Å². The van der Waals surface area contributed by atoms with Crippen LogP contribution in [0.1, 0.15) is 5.69 Å². The molecule has 0 saturated carbocycles. The average molecular weight is 377 g/mol. The van der Waals surface area contributed by atoms with Crippen LogP contribution >= 0.6 is 11.8 Å². The highest BCUT2D eigenvalue weighted by atomic mass is 32.2. The molecule has 0 aliphatic rings. The number of carbonyl (C=O) groups is 1. The van der Waals surface area contributed by atoms with E-state index < -0.39 is 23.2 Å². The minimum absolute atomic E-state index is 0.166. The zero-order valence-corrected chi connectivity index (χ0v) is 14.8. The van der Waals surface area contributed by atoms with Gasteiger partial charge in [-0.3, -0.25) is 19.1 Å². The van der Waals surface area contributed by atoms with Gasteiger partial charge in [0.15, 0.2) is 0 Å². The SMILES string of the molecule is Cc1cc(=O)[nH]c(=O)n1C=CC(=O)NC(CO)CSc1ccc(O)cc1. The summed E-state index contributed by atoms with van der Waals surface area (Å²) in [5.74, 6) is 0.116. The van der Waals surface area contributed by atoms with E-state index in [-0.39, 0.29) is 12.4 Å². The number of thioether (sulfide) groups is 1. The van der Waals surface area contributed by atoms with Gasteiger partial charge in [-0.05, 0) is 31.2 Å². The third kappa shape index (κ3) is 5.64. The van der Waals surface area contributed by atoms with Crippen LogP contribution in [0.15, 0.2) is 50.9 Å². The van der Waals surface area contributed by atoms with Gasteiger partial charge in [-0.15, -0.1) is 11.8 Å². The van der Waals surface area contributed by atoms with Gasteiger partial charge in [0, 0.05) is 34.7 Å². The fourth-order valence-corrected chi connectivity index (χ4v) is 2.99. The third-order valence-electron chi connectivity index (χ3n) is 3.40. The predicted molar refractivity (Wildman–Crippen MR) is 99.2 cm³/mol. The predicted octanol–water partition coefficient (Wildman–Crippen LogP) is 0.291. The maximum atomic E-state index is 12.0. The number of amides is 1. The number of aryl methyl sites for hydroxylation is 1. The van der Waals surface area contributed by atoms with Gasteiger partial charge in [0.1, 0.15) is 5.75 Å². The van der Waals surface area contributed by atoms with Crippen molar-refractivity contribution in [3.8, 4) is 5.75 Å². The number of phenolic OH excluding ortho intramolecular Hbond substituents is 1. The zero-order chi connectivity index (χ0) is 19.1. The van der Waals surface area contributed by atoms with Crippen molar-refractivity contribution in [2.75, 3.05) is 12.4 Å². The molecule has 0 aliphatic carbocycles. The number of aromatic hydroxyl groups is 1. The second-order valence-corrected chi connectivity index (χ2v) is 6.55. The number of benzene rings is 1. The molecule has 0 bridgehead atoms. The Kier molecular flexibility index (Phi) is 6.81. The second kappa shape index (κ2) is 9.07. The Morgan fingerprint density at radius 2 is 2.04 bits per heavy atom. The van der Waals surface area contributed by atoms with Gasteiger partial charge in [0.05, 0.1) is 12.6 Å². The van der Waals surface area contributed by atoms with Crippen LogP contribution in [0.5, 0.6) is 5.75 Å². The molecule has 0 radical (unpaired) electrons. The molecule has 0 saturated heterocycles. The lowest BCUT2D eigenvalue weighted by molar-refractivity contribution is -0.117. The molecule has 2 aromatic rings. The van der Waals surface area contributed by atoms with Crippen molar-refractivity contribution in [3.05, 3.63) is 62.9 Å². The molecule has 26 heavy (non-hydrogen) atoms. The molecule has 4 N–H and O–H groups in total. The molecule has 1 unspecified atom stereocenters.